The summed E-state index contributed by atoms with van der Waals surface area (Å²) in [6.07, 6.45) is 0.475. The van der Waals surface area contributed by atoms with Crippen molar-refractivity contribution < 1.29 is 13.9 Å². The van der Waals surface area contributed by atoms with Crippen LogP contribution in [0.2, 0.25) is 0 Å². The number of aryl methyl sites for hydroxylation is 1. The molecule has 0 fully saturated rings. The fourth-order valence-electron chi connectivity index (χ4n) is 2.37. The Morgan fingerprint density at radius 1 is 1.22 bits per heavy atom. The second-order valence-electron chi connectivity index (χ2n) is 6.59. The SMILES string of the molecule is Cc1oc2ccccc2c1CNCCCNC(=O)OC(C)(C)C. The number of hydrogen-bond acceptors (Lipinski definition) is 4. The van der Waals surface area contributed by atoms with Crippen LogP contribution in [0.5, 0.6) is 0 Å². The van der Waals surface area contributed by atoms with Crippen molar-refractivity contribution in [2.45, 2.75) is 46.3 Å². The average Bonchev–Trinajstić information content (AvgIpc) is 2.76. The Labute approximate surface area is 137 Å². The van der Waals surface area contributed by atoms with Gasteiger partial charge in [-0.05, 0) is 46.7 Å². The molecule has 126 valence electrons. The summed E-state index contributed by atoms with van der Waals surface area (Å²) in [6.45, 7) is 9.71. The molecule has 0 saturated carbocycles. The lowest BCUT2D eigenvalue weighted by Crippen LogP contribution is -2.33. The fraction of sp³-hybridized carbons (Fsp3) is 0.500. The van der Waals surface area contributed by atoms with Gasteiger partial charge in [0.15, 0.2) is 0 Å². The summed E-state index contributed by atoms with van der Waals surface area (Å²) < 4.78 is 10.9. The molecule has 0 bridgehead atoms. The van der Waals surface area contributed by atoms with Crippen molar-refractivity contribution in [1.82, 2.24) is 10.6 Å². The molecule has 0 aliphatic rings. The number of hydrogen-bond donors (Lipinski definition) is 2. The number of para-hydroxylation sites is 1. The predicted octanol–water partition coefficient (Wildman–Crippen LogP) is 3.75. The highest BCUT2D eigenvalue weighted by Crippen LogP contribution is 2.24. The number of carbonyl (C=O) groups is 1. The molecule has 2 N–H and O–H groups in total. The van der Waals surface area contributed by atoms with E-state index in [1.807, 2.05) is 45.9 Å². The standard InChI is InChI=1S/C18H26N2O3/c1-13-15(14-8-5-6-9-16(14)22-13)12-19-10-7-11-20-17(21)23-18(2,3)4/h5-6,8-9,19H,7,10-12H2,1-4H3,(H,20,21). The summed E-state index contributed by atoms with van der Waals surface area (Å²) in [4.78, 5) is 11.5. The molecule has 1 aromatic carbocycles. The number of benzene rings is 1. The summed E-state index contributed by atoms with van der Waals surface area (Å²) in [5, 5.41) is 7.30. The first-order chi connectivity index (χ1) is 10.9. The van der Waals surface area contributed by atoms with Crippen molar-refractivity contribution in [2.24, 2.45) is 0 Å². The van der Waals surface area contributed by atoms with E-state index in [9.17, 15) is 4.79 Å². The molecule has 0 atom stereocenters. The van der Waals surface area contributed by atoms with Crippen molar-refractivity contribution in [2.75, 3.05) is 13.1 Å². The van der Waals surface area contributed by atoms with Crippen LogP contribution in [0.25, 0.3) is 11.0 Å². The summed E-state index contributed by atoms with van der Waals surface area (Å²) in [6, 6.07) is 8.06. The highest BCUT2D eigenvalue weighted by molar-refractivity contribution is 5.82. The Morgan fingerprint density at radius 2 is 1.96 bits per heavy atom. The van der Waals surface area contributed by atoms with Crippen LogP contribution in [0.4, 0.5) is 4.79 Å². The molecular weight excluding hydrogens is 292 g/mol. The van der Waals surface area contributed by atoms with Gasteiger partial charge < -0.3 is 19.8 Å². The van der Waals surface area contributed by atoms with E-state index in [1.165, 1.54) is 5.56 Å². The highest BCUT2D eigenvalue weighted by atomic mass is 16.6. The van der Waals surface area contributed by atoms with E-state index in [-0.39, 0.29) is 6.09 Å². The molecule has 0 spiro atoms. The summed E-state index contributed by atoms with van der Waals surface area (Å²) in [7, 11) is 0. The first-order valence-corrected chi connectivity index (χ1v) is 8.01. The quantitative estimate of drug-likeness (QED) is 0.796. The maximum Gasteiger partial charge on any atom is 0.407 e. The Morgan fingerprint density at radius 3 is 2.70 bits per heavy atom. The topological polar surface area (TPSA) is 63.5 Å². The van der Waals surface area contributed by atoms with Gasteiger partial charge in [0.2, 0.25) is 0 Å². The number of ether oxygens (including phenoxy) is 1. The molecule has 5 nitrogen and oxygen atoms in total. The number of carbonyl (C=O) groups excluding carboxylic acids is 1. The zero-order valence-electron chi connectivity index (χ0n) is 14.4. The molecule has 0 aliphatic carbocycles. The Kier molecular flexibility index (Phi) is 5.66. The molecule has 0 saturated heterocycles. The van der Waals surface area contributed by atoms with Gasteiger partial charge in [-0.15, -0.1) is 0 Å². The predicted molar refractivity (Wildman–Crippen MR) is 91.5 cm³/mol. The largest absolute Gasteiger partial charge is 0.461 e. The number of amides is 1. The minimum absolute atomic E-state index is 0.367. The molecule has 1 heterocycles. The lowest BCUT2D eigenvalue weighted by atomic mass is 10.1. The van der Waals surface area contributed by atoms with Gasteiger partial charge in [0.1, 0.15) is 16.9 Å². The van der Waals surface area contributed by atoms with E-state index in [1.54, 1.807) is 0 Å². The van der Waals surface area contributed by atoms with E-state index >= 15 is 0 Å². The first-order valence-electron chi connectivity index (χ1n) is 8.01. The van der Waals surface area contributed by atoms with Gasteiger partial charge in [-0.3, -0.25) is 0 Å². The van der Waals surface area contributed by atoms with E-state index in [4.69, 9.17) is 9.15 Å². The summed E-state index contributed by atoms with van der Waals surface area (Å²) in [5.74, 6) is 0.950. The highest BCUT2D eigenvalue weighted by Gasteiger charge is 2.15. The van der Waals surface area contributed by atoms with E-state index in [0.717, 1.165) is 36.2 Å². The molecule has 0 aliphatic heterocycles. The molecule has 0 unspecified atom stereocenters. The number of fused-ring (bicyclic) bond motifs is 1. The van der Waals surface area contributed by atoms with Crippen LogP contribution in [-0.4, -0.2) is 24.8 Å². The molecule has 1 amide bonds. The number of rotatable bonds is 6. The molecule has 5 heteroatoms. The molecule has 2 aromatic rings. The van der Waals surface area contributed by atoms with Gasteiger partial charge in [0.05, 0.1) is 0 Å². The van der Waals surface area contributed by atoms with Crippen LogP contribution in [0.3, 0.4) is 0 Å². The smallest absolute Gasteiger partial charge is 0.407 e. The molecule has 2 rings (SSSR count). The van der Waals surface area contributed by atoms with Crippen molar-refractivity contribution in [3.8, 4) is 0 Å². The van der Waals surface area contributed by atoms with Crippen molar-refractivity contribution in [3.05, 3.63) is 35.6 Å². The van der Waals surface area contributed by atoms with E-state index < -0.39 is 5.60 Å². The lowest BCUT2D eigenvalue weighted by molar-refractivity contribution is 0.0527. The molecule has 1 aromatic heterocycles. The third kappa shape index (κ3) is 5.28. The summed E-state index contributed by atoms with van der Waals surface area (Å²) in [5.41, 5.74) is 1.66. The zero-order chi connectivity index (χ0) is 16.9. The minimum Gasteiger partial charge on any atom is -0.461 e. The number of nitrogens with one attached hydrogen (secondary N) is 2. The third-order valence-corrected chi connectivity index (χ3v) is 3.40. The second kappa shape index (κ2) is 7.51. The maximum atomic E-state index is 11.5. The van der Waals surface area contributed by atoms with Crippen molar-refractivity contribution >= 4 is 17.1 Å². The van der Waals surface area contributed by atoms with Gasteiger partial charge >= 0.3 is 6.09 Å². The van der Waals surface area contributed by atoms with E-state index in [2.05, 4.69) is 16.7 Å². The Hall–Kier alpha value is -2.01. The number of furan rings is 1. The van der Waals surface area contributed by atoms with Gasteiger partial charge in [-0.25, -0.2) is 4.79 Å². The second-order valence-corrected chi connectivity index (χ2v) is 6.59. The molecular formula is C18H26N2O3. The Bertz CT molecular complexity index is 656. The Balaban J connectivity index is 1.69. The van der Waals surface area contributed by atoms with Crippen LogP contribution in [0.1, 0.15) is 38.5 Å². The van der Waals surface area contributed by atoms with Gasteiger partial charge in [0, 0.05) is 24.0 Å². The van der Waals surface area contributed by atoms with E-state index in [0.29, 0.717) is 6.54 Å². The normalized spacial score (nSPS) is 11.7. The van der Waals surface area contributed by atoms with Crippen LogP contribution < -0.4 is 10.6 Å². The minimum atomic E-state index is -0.456. The fourth-order valence-corrected chi connectivity index (χ4v) is 2.37. The molecule has 23 heavy (non-hydrogen) atoms. The van der Waals surface area contributed by atoms with Crippen LogP contribution in [0.15, 0.2) is 28.7 Å². The van der Waals surface area contributed by atoms with Crippen molar-refractivity contribution in [1.29, 1.82) is 0 Å². The van der Waals surface area contributed by atoms with Crippen LogP contribution >= 0.6 is 0 Å². The first kappa shape index (κ1) is 17.3. The van der Waals surface area contributed by atoms with Gasteiger partial charge in [-0.2, -0.15) is 0 Å². The zero-order valence-corrected chi connectivity index (χ0v) is 14.4. The average molecular weight is 318 g/mol. The van der Waals surface area contributed by atoms with Crippen LogP contribution in [0, 0.1) is 6.92 Å². The summed E-state index contributed by atoms with van der Waals surface area (Å²) >= 11 is 0. The van der Waals surface area contributed by atoms with Gasteiger partial charge in [-0.1, -0.05) is 18.2 Å². The third-order valence-electron chi connectivity index (χ3n) is 3.40. The molecule has 0 radical (unpaired) electrons. The number of alkyl carbamates (subject to hydrolysis) is 1. The van der Waals surface area contributed by atoms with Crippen LogP contribution in [-0.2, 0) is 11.3 Å². The van der Waals surface area contributed by atoms with Gasteiger partial charge in [0.25, 0.3) is 0 Å². The maximum absolute atomic E-state index is 11.5. The lowest BCUT2D eigenvalue weighted by Gasteiger charge is -2.19. The van der Waals surface area contributed by atoms with Crippen molar-refractivity contribution in [3.63, 3.8) is 0 Å². The monoisotopic (exact) mass is 318 g/mol.